The third-order valence-electron chi connectivity index (χ3n) is 10.6. The Morgan fingerprint density at radius 1 is 1.07 bits per heavy atom. The maximum atomic E-state index is 13.6. The Labute approximate surface area is 248 Å². The SMILES string of the molecule is CCC(NC(=O)OC1CO[C@H]2OCCC12)[C@H](O)CN(C1CCC2(CCOCC2)OC1)C1C[C@@]2(CCCOCC2)NC1=O. The highest BCUT2D eigenvalue weighted by Crippen LogP contribution is 2.39. The van der Waals surface area contributed by atoms with Crippen molar-refractivity contribution >= 4 is 12.0 Å². The molecule has 2 amide bonds. The Balaban J connectivity index is 1.13. The van der Waals surface area contributed by atoms with E-state index in [0.29, 0.717) is 59.1 Å². The average molecular weight is 596 g/mol. The zero-order chi connectivity index (χ0) is 29.2. The lowest BCUT2D eigenvalue weighted by molar-refractivity contribution is -0.160. The van der Waals surface area contributed by atoms with Gasteiger partial charge < -0.3 is 44.2 Å². The standard InChI is InChI=1S/C30H49N3O9/c1-2-22(31-28(36)42-25-19-40-27-21(25)5-12-39-27)24(34)17-33(20-4-7-30(41-18-20)9-14-38-15-10-30)23-16-29(32-26(23)35)6-3-11-37-13-8-29/h20-25,27,34H,2-19H2,1H3,(H,31,36)(H,32,35)/t20?,21?,22?,23?,24-,25?,27-,29+/m1/s1. The van der Waals surface area contributed by atoms with Crippen molar-refractivity contribution in [1.29, 1.82) is 0 Å². The molecule has 0 aliphatic carbocycles. The minimum Gasteiger partial charge on any atom is -0.443 e. The van der Waals surface area contributed by atoms with Gasteiger partial charge >= 0.3 is 6.09 Å². The molecule has 8 atom stereocenters. The van der Waals surface area contributed by atoms with Crippen molar-refractivity contribution < 1.29 is 43.1 Å². The van der Waals surface area contributed by atoms with E-state index < -0.39 is 18.2 Å². The molecular formula is C30H49N3O9. The van der Waals surface area contributed by atoms with Crippen molar-refractivity contribution in [3.05, 3.63) is 0 Å². The highest BCUT2D eigenvalue weighted by atomic mass is 16.7. The fourth-order valence-electron chi connectivity index (χ4n) is 7.93. The van der Waals surface area contributed by atoms with Crippen LogP contribution in [0, 0.1) is 5.92 Å². The molecule has 0 saturated carbocycles. The van der Waals surface area contributed by atoms with Gasteiger partial charge in [0, 0.05) is 44.6 Å². The first-order chi connectivity index (χ1) is 20.4. The Morgan fingerprint density at radius 3 is 2.67 bits per heavy atom. The smallest absolute Gasteiger partial charge is 0.407 e. The van der Waals surface area contributed by atoms with Gasteiger partial charge in [0.1, 0.15) is 6.10 Å². The number of nitrogens with one attached hydrogen (secondary N) is 2. The molecule has 6 rings (SSSR count). The molecule has 6 heterocycles. The lowest BCUT2D eigenvalue weighted by Crippen LogP contribution is -2.58. The van der Waals surface area contributed by atoms with Crippen LogP contribution < -0.4 is 10.6 Å². The number of alkyl carbamates (subject to hydrolysis) is 1. The Kier molecular flexibility index (Phi) is 9.59. The summed E-state index contributed by atoms with van der Waals surface area (Å²) in [5, 5.41) is 17.8. The molecule has 0 aromatic carbocycles. The van der Waals surface area contributed by atoms with E-state index in [2.05, 4.69) is 15.5 Å². The van der Waals surface area contributed by atoms with Gasteiger partial charge in [0.25, 0.3) is 0 Å². The van der Waals surface area contributed by atoms with Crippen molar-refractivity contribution in [3.63, 3.8) is 0 Å². The summed E-state index contributed by atoms with van der Waals surface area (Å²) >= 11 is 0. The highest BCUT2D eigenvalue weighted by Gasteiger charge is 2.50. The topological polar surface area (TPSA) is 137 Å². The van der Waals surface area contributed by atoms with E-state index in [0.717, 1.165) is 51.4 Å². The second-order valence-corrected chi connectivity index (χ2v) is 13.1. The van der Waals surface area contributed by atoms with E-state index in [4.69, 9.17) is 28.4 Å². The summed E-state index contributed by atoms with van der Waals surface area (Å²) in [5.41, 5.74) is -0.433. The predicted octanol–water partition coefficient (Wildman–Crippen LogP) is 1.47. The van der Waals surface area contributed by atoms with Crippen LogP contribution in [0.5, 0.6) is 0 Å². The van der Waals surface area contributed by atoms with Crippen LogP contribution in [-0.4, -0.2) is 123 Å². The average Bonchev–Trinajstić information content (AvgIpc) is 3.64. The molecule has 238 valence electrons. The van der Waals surface area contributed by atoms with Crippen LogP contribution >= 0.6 is 0 Å². The fraction of sp³-hybridized carbons (Fsp3) is 0.933. The quantitative estimate of drug-likeness (QED) is 0.378. The molecule has 6 aliphatic rings. The molecule has 12 nitrogen and oxygen atoms in total. The molecule has 0 aromatic rings. The van der Waals surface area contributed by atoms with Crippen LogP contribution in [0.3, 0.4) is 0 Å². The number of aliphatic hydroxyl groups is 1. The van der Waals surface area contributed by atoms with Gasteiger partial charge in [-0.3, -0.25) is 9.69 Å². The lowest BCUT2D eigenvalue weighted by atomic mass is 9.84. The van der Waals surface area contributed by atoms with Crippen molar-refractivity contribution in [2.45, 2.75) is 119 Å². The maximum Gasteiger partial charge on any atom is 0.407 e. The van der Waals surface area contributed by atoms with Gasteiger partial charge in [-0.1, -0.05) is 6.92 Å². The van der Waals surface area contributed by atoms with E-state index in [-0.39, 0.29) is 54.0 Å². The minimum atomic E-state index is -0.897. The van der Waals surface area contributed by atoms with Gasteiger partial charge in [-0.05, 0) is 64.2 Å². The Morgan fingerprint density at radius 2 is 1.88 bits per heavy atom. The van der Waals surface area contributed by atoms with Crippen LogP contribution in [0.15, 0.2) is 0 Å². The fourth-order valence-corrected chi connectivity index (χ4v) is 7.93. The van der Waals surface area contributed by atoms with Crippen LogP contribution in [0.1, 0.15) is 71.1 Å². The number of hydrogen-bond donors (Lipinski definition) is 3. The van der Waals surface area contributed by atoms with Gasteiger partial charge in [-0.15, -0.1) is 0 Å². The zero-order valence-corrected chi connectivity index (χ0v) is 24.9. The molecule has 3 N–H and O–H groups in total. The van der Waals surface area contributed by atoms with E-state index in [1.807, 2.05) is 6.92 Å². The number of fused-ring (bicyclic) bond motifs is 1. The molecule has 0 radical (unpaired) electrons. The third-order valence-corrected chi connectivity index (χ3v) is 10.6. The van der Waals surface area contributed by atoms with Crippen LogP contribution in [0.4, 0.5) is 4.79 Å². The van der Waals surface area contributed by atoms with Gasteiger partial charge in [-0.2, -0.15) is 0 Å². The first-order valence-corrected chi connectivity index (χ1v) is 16.1. The first-order valence-electron chi connectivity index (χ1n) is 16.1. The predicted molar refractivity (Wildman–Crippen MR) is 150 cm³/mol. The molecule has 42 heavy (non-hydrogen) atoms. The minimum absolute atomic E-state index is 0.00504. The summed E-state index contributed by atoms with van der Waals surface area (Å²) in [6, 6.07) is -0.927. The maximum absolute atomic E-state index is 13.6. The monoisotopic (exact) mass is 595 g/mol. The third kappa shape index (κ3) is 6.60. The lowest BCUT2D eigenvalue weighted by Gasteiger charge is -2.47. The molecule has 0 aromatic heterocycles. The number of rotatable bonds is 8. The summed E-state index contributed by atoms with van der Waals surface area (Å²) in [7, 11) is 0. The summed E-state index contributed by atoms with van der Waals surface area (Å²) in [6.07, 6.45) is 6.02. The second-order valence-electron chi connectivity index (χ2n) is 13.1. The number of carbonyl (C=O) groups is 2. The number of carbonyl (C=O) groups excluding carboxylic acids is 2. The van der Waals surface area contributed by atoms with E-state index >= 15 is 0 Å². The zero-order valence-electron chi connectivity index (χ0n) is 24.9. The van der Waals surface area contributed by atoms with E-state index in [1.165, 1.54) is 0 Å². The summed E-state index contributed by atoms with van der Waals surface area (Å²) in [6.45, 7) is 6.38. The Bertz CT molecular complexity index is 929. The summed E-state index contributed by atoms with van der Waals surface area (Å²) in [5.74, 6) is 0.0505. The molecule has 0 bridgehead atoms. The van der Waals surface area contributed by atoms with Gasteiger partial charge in [0.05, 0.1) is 49.5 Å². The number of amides is 2. The van der Waals surface area contributed by atoms with Crippen LogP contribution in [0.25, 0.3) is 0 Å². The number of nitrogens with zero attached hydrogens (tertiary/aromatic N) is 1. The number of aliphatic hydroxyl groups excluding tert-OH is 1. The van der Waals surface area contributed by atoms with Gasteiger partial charge in [0.2, 0.25) is 5.91 Å². The molecule has 6 fully saturated rings. The van der Waals surface area contributed by atoms with Crippen molar-refractivity contribution in [3.8, 4) is 0 Å². The first kappa shape index (κ1) is 30.5. The second kappa shape index (κ2) is 13.2. The molecule has 5 unspecified atom stereocenters. The highest BCUT2D eigenvalue weighted by molar-refractivity contribution is 5.85. The largest absolute Gasteiger partial charge is 0.443 e. The van der Waals surface area contributed by atoms with Crippen molar-refractivity contribution in [1.82, 2.24) is 15.5 Å². The molecule has 6 aliphatic heterocycles. The van der Waals surface area contributed by atoms with Crippen LogP contribution in [-0.2, 0) is 33.2 Å². The molecule has 6 saturated heterocycles. The van der Waals surface area contributed by atoms with Crippen molar-refractivity contribution in [2.24, 2.45) is 5.92 Å². The molecular weight excluding hydrogens is 546 g/mol. The van der Waals surface area contributed by atoms with Crippen molar-refractivity contribution in [2.75, 3.05) is 52.8 Å². The molecule has 2 spiro atoms. The Hall–Kier alpha value is -1.54. The number of ether oxygens (including phenoxy) is 6. The van der Waals surface area contributed by atoms with E-state index in [9.17, 15) is 14.7 Å². The summed E-state index contributed by atoms with van der Waals surface area (Å²) < 4.78 is 34.7. The number of hydrogen-bond acceptors (Lipinski definition) is 10. The normalized spacial score (nSPS) is 37.8. The molecule has 12 heteroatoms. The summed E-state index contributed by atoms with van der Waals surface area (Å²) in [4.78, 5) is 28.6. The van der Waals surface area contributed by atoms with Crippen LogP contribution in [0.2, 0.25) is 0 Å². The van der Waals surface area contributed by atoms with Gasteiger partial charge in [0.15, 0.2) is 6.29 Å². The van der Waals surface area contributed by atoms with Gasteiger partial charge in [-0.25, -0.2) is 4.79 Å². The van der Waals surface area contributed by atoms with E-state index in [1.54, 1.807) is 0 Å².